The molecular weight excluding hydrogens is 259 g/mol. The maximum absolute atomic E-state index is 12.9. The van der Waals surface area contributed by atoms with Crippen LogP contribution in [0, 0.1) is 5.82 Å². The zero-order chi connectivity index (χ0) is 13.1. The topological polar surface area (TPSA) is 44.1 Å². The molecule has 0 unspecified atom stereocenters. The van der Waals surface area contributed by atoms with Crippen LogP contribution in [0.3, 0.4) is 0 Å². The van der Waals surface area contributed by atoms with Crippen molar-refractivity contribution in [3.8, 4) is 0 Å². The van der Waals surface area contributed by atoms with Gasteiger partial charge in [-0.2, -0.15) is 5.10 Å². The van der Waals surface area contributed by atoms with E-state index in [1.165, 1.54) is 30.1 Å². The van der Waals surface area contributed by atoms with Crippen LogP contribution >= 0.6 is 11.6 Å². The van der Waals surface area contributed by atoms with Crippen molar-refractivity contribution in [3.63, 3.8) is 0 Å². The Morgan fingerprint density at radius 1 is 1.56 bits per heavy atom. The van der Waals surface area contributed by atoms with Crippen molar-refractivity contribution in [1.82, 2.24) is 9.78 Å². The lowest BCUT2D eigenvalue weighted by atomic mass is 10.2. The Labute approximate surface area is 108 Å². The molecule has 4 nitrogen and oxygen atoms in total. The highest BCUT2D eigenvalue weighted by Crippen LogP contribution is 2.18. The summed E-state index contributed by atoms with van der Waals surface area (Å²) < 4.78 is 19.0. The van der Waals surface area contributed by atoms with Crippen molar-refractivity contribution in [2.75, 3.05) is 7.11 Å². The van der Waals surface area contributed by atoms with Crippen molar-refractivity contribution in [1.29, 1.82) is 0 Å². The molecule has 0 aliphatic carbocycles. The number of carbonyl (C=O) groups excluding carboxylic acids is 1. The number of hydrogen-bond acceptors (Lipinski definition) is 3. The molecule has 0 fully saturated rings. The zero-order valence-electron chi connectivity index (χ0n) is 9.56. The Morgan fingerprint density at radius 3 is 3.00 bits per heavy atom. The second-order valence-corrected chi connectivity index (χ2v) is 4.06. The Bertz CT molecular complexity index is 583. The quantitative estimate of drug-likeness (QED) is 0.804. The van der Waals surface area contributed by atoms with Gasteiger partial charge in [-0.05, 0) is 17.7 Å². The van der Waals surface area contributed by atoms with E-state index >= 15 is 0 Å². The summed E-state index contributed by atoms with van der Waals surface area (Å²) in [5.74, 6) is -0.842. The normalized spacial score (nSPS) is 10.4. The van der Waals surface area contributed by atoms with Gasteiger partial charge in [-0.3, -0.25) is 4.68 Å². The van der Waals surface area contributed by atoms with Crippen LogP contribution in [0.5, 0.6) is 0 Å². The van der Waals surface area contributed by atoms with E-state index in [2.05, 4.69) is 9.84 Å². The number of aromatic nitrogens is 2. The second kappa shape index (κ2) is 5.18. The highest BCUT2D eigenvalue weighted by atomic mass is 35.5. The van der Waals surface area contributed by atoms with Crippen LogP contribution in [-0.2, 0) is 11.3 Å². The maximum atomic E-state index is 12.9. The van der Waals surface area contributed by atoms with Crippen LogP contribution in [0.15, 0.2) is 30.6 Å². The van der Waals surface area contributed by atoms with Gasteiger partial charge in [0, 0.05) is 11.2 Å². The lowest BCUT2D eigenvalue weighted by Crippen LogP contribution is -2.02. The van der Waals surface area contributed by atoms with Crippen LogP contribution < -0.4 is 0 Å². The Morgan fingerprint density at radius 2 is 2.33 bits per heavy atom. The monoisotopic (exact) mass is 268 g/mol. The van der Waals surface area contributed by atoms with Crippen molar-refractivity contribution in [2.24, 2.45) is 0 Å². The third-order valence-electron chi connectivity index (χ3n) is 2.40. The van der Waals surface area contributed by atoms with Crippen molar-refractivity contribution in [3.05, 3.63) is 52.6 Å². The molecule has 1 aromatic heterocycles. The third-order valence-corrected chi connectivity index (χ3v) is 2.75. The maximum Gasteiger partial charge on any atom is 0.341 e. The van der Waals surface area contributed by atoms with E-state index in [0.29, 0.717) is 17.1 Å². The Balaban J connectivity index is 2.18. The summed E-state index contributed by atoms with van der Waals surface area (Å²) in [5.41, 5.74) is 1.08. The molecule has 0 spiro atoms. The number of nitrogens with zero attached hydrogens (tertiary/aromatic N) is 2. The molecule has 94 valence electrons. The molecule has 0 saturated heterocycles. The molecule has 1 aromatic carbocycles. The van der Waals surface area contributed by atoms with Gasteiger partial charge in [0.2, 0.25) is 0 Å². The molecule has 0 radical (unpaired) electrons. The van der Waals surface area contributed by atoms with Crippen LogP contribution in [0.2, 0.25) is 5.02 Å². The van der Waals surface area contributed by atoms with E-state index in [-0.39, 0.29) is 5.82 Å². The lowest BCUT2D eigenvalue weighted by molar-refractivity contribution is 0.0600. The average molecular weight is 269 g/mol. The first-order chi connectivity index (χ1) is 8.60. The Hall–Kier alpha value is -1.88. The number of rotatable bonds is 3. The number of ether oxygens (including phenoxy) is 1. The summed E-state index contributed by atoms with van der Waals surface area (Å²) in [6, 6.07) is 4.14. The molecule has 0 aliphatic heterocycles. The summed E-state index contributed by atoms with van der Waals surface area (Å²) in [7, 11) is 1.30. The van der Waals surface area contributed by atoms with E-state index in [1.807, 2.05) is 0 Å². The average Bonchev–Trinajstić information content (AvgIpc) is 2.80. The molecule has 2 aromatic rings. The lowest BCUT2D eigenvalue weighted by Gasteiger charge is -2.04. The van der Waals surface area contributed by atoms with Gasteiger partial charge in [-0.15, -0.1) is 0 Å². The zero-order valence-corrected chi connectivity index (χ0v) is 10.3. The van der Waals surface area contributed by atoms with Gasteiger partial charge in [0.15, 0.2) is 0 Å². The van der Waals surface area contributed by atoms with Gasteiger partial charge in [-0.25, -0.2) is 9.18 Å². The van der Waals surface area contributed by atoms with Crippen LogP contribution in [-0.4, -0.2) is 22.9 Å². The van der Waals surface area contributed by atoms with Crippen LogP contribution in [0.25, 0.3) is 0 Å². The molecule has 18 heavy (non-hydrogen) atoms. The van der Waals surface area contributed by atoms with Crippen molar-refractivity contribution in [2.45, 2.75) is 6.54 Å². The van der Waals surface area contributed by atoms with Gasteiger partial charge in [0.25, 0.3) is 0 Å². The molecule has 1 heterocycles. The summed E-state index contributed by atoms with van der Waals surface area (Å²) in [6.07, 6.45) is 2.95. The van der Waals surface area contributed by atoms with E-state index in [4.69, 9.17) is 11.6 Å². The molecule has 0 N–H and O–H groups in total. The SMILES string of the molecule is COC(=O)c1cnn(Cc2ccc(F)cc2Cl)c1. The first-order valence-corrected chi connectivity index (χ1v) is 5.52. The van der Waals surface area contributed by atoms with Crippen LogP contribution in [0.1, 0.15) is 15.9 Å². The first kappa shape index (κ1) is 12.6. The number of carbonyl (C=O) groups is 1. The number of esters is 1. The largest absolute Gasteiger partial charge is 0.465 e. The molecule has 6 heteroatoms. The first-order valence-electron chi connectivity index (χ1n) is 5.15. The standard InChI is InChI=1S/C12H10ClFN2O2/c1-18-12(17)9-5-15-16(7-9)6-8-2-3-10(14)4-11(8)13/h2-5,7H,6H2,1H3. The van der Waals surface area contributed by atoms with Crippen molar-refractivity contribution < 1.29 is 13.9 Å². The molecule has 0 aliphatic rings. The summed E-state index contributed by atoms with van der Waals surface area (Å²) in [5, 5.41) is 4.33. The van der Waals surface area contributed by atoms with Gasteiger partial charge in [0.05, 0.1) is 25.4 Å². The Kier molecular flexibility index (Phi) is 3.62. The number of methoxy groups -OCH3 is 1. The summed E-state index contributed by atoms with van der Waals surface area (Å²) >= 11 is 5.90. The van der Waals surface area contributed by atoms with E-state index in [9.17, 15) is 9.18 Å². The molecule has 0 atom stereocenters. The number of hydrogen-bond donors (Lipinski definition) is 0. The van der Waals surface area contributed by atoms with Gasteiger partial charge in [0.1, 0.15) is 5.82 Å². The fourth-order valence-electron chi connectivity index (χ4n) is 1.50. The van der Waals surface area contributed by atoms with Gasteiger partial charge >= 0.3 is 5.97 Å². The third kappa shape index (κ3) is 2.68. The fourth-order valence-corrected chi connectivity index (χ4v) is 1.72. The van der Waals surface area contributed by atoms with Crippen LogP contribution in [0.4, 0.5) is 4.39 Å². The minimum atomic E-state index is -0.452. The molecule has 2 rings (SSSR count). The van der Waals surface area contributed by atoms with E-state index in [1.54, 1.807) is 12.3 Å². The predicted octanol–water partition coefficient (Wildman–Crippen LogP) is 2.51. The van der Waals surface area contributed by atoms with E-state index < -0.39 is 5.97 Å². The molecule has 0 bridgehead atoms. The van der Waals surface area contributed by atoms with Gasteiger partial charge < -0.3 is 4.74 Å². The highest BCUT2D eigenvalue weighted by molar-refractivity contribution is 6.31. The smallest absolute Gasteiger partial charge is 0.341 e. The summed E-state index contributed by atoms with van der Waals surface area (Å²) in [6.45, 7) is 0.357. The molecule has 0 saturated carbocycles. The minimum absolute atomic E-state index is 0.324. The minimum Gasteiger partial charge on any atom is -0.465 e. The van der Waals surface area contributed by atoms with Gasteiger partial charge in [-0.1, -0.05) is 17.7 Å². The highest BCUT2D eigenvalue weighted by Gasteiger charge is 2.09. The fraction of sp³-hybridized carbons (Fsp3) is 0.167. The predicted molar refractivity (Wildman–Crippen MR) is 64.1 cm³/mol. The molecular formula is C12H10ClFN2O2. The molecule has 0 amide bonds. The summed E-state index contributed by atoms with van der Waals surface area (Å²) in [4.78, 5) is 11.2. The number of benzene rings is 1. The van der Waals surface area contributed by atoms with E-state index in [0.717, 1.165) is 5.56 Å². The number of halogens is 2. The second-order valence-electron chi connectivity index (χ2n) is 3.65. The van der Waals surface area contributed by atoms with Crippen molar-refractivity contribution >= 4 is 17.6 Å².